The zero-order chi connectivity index (χ0) is 6.69. The fraction of sp³-hybridized carbons (Fsp3) is 0.143. The maximum atomic E-state index is 5.43. The van der Waals surface area contributed by atoms with Gasteiger partial charge < -0.3 is 18.1 Å². The van der Waals surface area contributed by atoms with Gasteiger partial charge in [0, 0.05) is 45.1 Å². The van der Waals surface area contributed by atoms with Crippen LogP contribution >= 0.6 is 0 Å². The molecule has 0 saturated carbocycles. The summed E-state index contributed by atoms with van der Waals surface area (Å²) in [7, 11) is 0. The van der Waals surface area contributed by atoms with E-state index in [9.17, 15) is 0 Å². The molecule has 0 aromatic carbocycles. The second-order valence-electron chi connectivity index (χ2n) is 1.62. The molecule has 1 rings (SSSR count). The minimum absolute atomic E-state index is 0. The molecule has 1 radical (unpaired) electrons. The normalized spacial score (nSPS) is 7.36. The van der Waals surface area contributed by atoms with Crippen molar-refractivity contribution in [3.63, 3.8) is 0 Å². The Kier molecular flexibility index (Phi) is 8.01. The van der Waals surface area contributed by atoms with E-state index in [0.717, 1.165) is 5.69 Å². The van der Waals surface area contributed by atoms with Gasteiger partial charge in [-0.2, -0.15) is 0 Å². The average molecular weight is 226 g/mol. The number of aromatic nitrogens is 2. The van der Waals surface area contributed by atoms with Gasteiger partial charge in [-0.3, -0.25) is 4.98 Å². The number of nitrogen functional groups attached to an aromatic ring is 1. The number of anilines is 1. The van der Waals surface area contributed by atoms with Gasteiger partial charge in [-0.05, 0) is 5.82 Å². The molecule has 0 unspecified atom stereocenters. The maximum Gasteiger partial charge on any atom is 0.0404 e. The summed E-state index contributed by atoms with van der Waals surface area (Å²) < 4.78 is 0. The summed E-state index contributed by atoms with van der Waals surface area (Å²) in [5, 5.41) is 0. The molecule has 0 atom stereocenters. The number of rotatable bonds is 1. The molecule has 1 heterocycles. The van der Waals surface area contributed by atoms with E-state index in [1.807, 2.05) is 13.3 Å². The molecule has 0 aliphatic carbocycles. The fourth-order valence-electron chi connectivity index (χ4n) is 0.582. The van der Waals surface area contributed by atoms with Gasteiger partial charge in [0.2, 0.25) is 0 Å². The van der Waals surface area contributed by atoms with Gasteiger partial charge in [-0.25, -0.2) is 6.42 Å². The Morgan fingerprint density at radius 3 is 2.27 bits per heavy atom. The van der Waals surface area contributed by atoms with Crippen molar-refractivity contribution in [2.75, 3.05) is 5.73 Å². The summed E-state index contributed by atoms with van der Waals surface area (Å²) >= 11 is 0. The van der Waals surface area contributed by atoms with Gasteiger partial charge in [0.25, 0.3) is 0 Å². The Bertz CT molecular complexity index is 203. The van der Waals surface area contributed by atoms with Gasteiger partial charge in [0.1, 0.15) is 0 Å². The standard InChI is InChI=1S/C6H8N3.CH3.Y/c1-2-5-6(7)9-4-3-8-5;;/h2-4H,1H3,(H2,7,9);1H3;/q2*-1;. The van der Waals surface area contributed by atoms with Gasteiger partial charge in [0.05, 0.1) is 0 Å². The van der Waals surface area contributed by atoms with Crippen LogP contribution in [0.3, 0.4) is 0 Å². The summed E-state index contributed by atoms with van der Waals surface area (Å²) in [6, 6.07) is 0. The van der Waals surface area contributed by atoms with E-state index in [-0.39, 0.29) is 40.1 Å². The Morgan fingerprint density at radius 1 is 1.36 bits per heavy atom. The van der Waals surface area contributed by atoms with Crippen molar-refractivity contribution in [3.05, 3.63) is 31.9 Å². The predicted molar refractivity (Wildman–Crippen MR) is 41.9 cm³/mol. The molecule has 0 saturated heterocycles. The third-order valence-electron chi connectivity index (χ3n) is 1.03. The van der Waals surface area contributed by atoms with E-state index < -0.39 is 0 Å². The summed E-state index contributed by atoms with van der Waals surface area (Å²) in [6.45, 7) is 1.88. The second-order valence-corrected chi connectivity index (χ2v) is 1.62. The zero-order valence-electron chi connectivity index (χ0n) is 6.78. The van der Waals surface area contributed by atoms with E-state index in [1.54, 1.807) is 12.4 Å². The van der Waals surface area contributed by atoms with Crippen LogP contribution in [0.2, 0.25) is 0 Å². The van der Waals surface area contributed by atoms with E-state index in [1.165, 1.54) is 0 Å². The smallest absolute Gasteiger partial charge is 0.0404 e. The largest absolute Gasteiger partial charge is 0.459 e. The maximum absolute atomic E-state index is 5.43. The Balaban J connectivity index is 0. The van der Waals surface area contributed by atoms with Crippen molar-refractivity contribution in [1.29, 1.82) is 0 Å². The summed E-state index contributed by atoms with van der Waals surface area (Å²) in [6.07, 6.45) is 5.01. The topological polar surface area (TPSA) is 51.8 Å². The van der Waals surface area contributed by atoms with Crippen LogP contribution in [0.15, 0.2) is 12.4 Å². The molecule has 0 amide bonds. The molecule has 11 heavy (non-hydrogen) atoms. The molecule has 3 nitrogen and oxygen atoms in total. The second kappa shape index (κ2) is 6.56. The molecule has 0 bridgehead atoms. The molecule has 0 spiro atoms. The minimum atomic E-state index is 0. The van der Waals surface area contributed by atoms with E-state index in [2.05, 4.69) is 9.97 Å². The SMILES string of the molecule is C[CH-]c1nccnc1N.[CH3-].[Y]. The van der Waals surface area contributed by atoms with Gasteiger partial charge in [0.15, 0.2) is 0 Å². The molecule has 2 N–H and O–H groups in total. The van der Waals surface area contributed by atoms with Gasteiger partial charge >= 0.3 is 0 Å². The predicted octanol–water partition coefficient (Wildman–Crippen LogP) is 1.08. The van der Waals surface area contributed by atoms with Crippen LogP contribution in [0.25, 0.3) is 0 Å². The van der Waals surface area contributed by atoms with Crippen LogP contribution < -0.4 is 5.73 Å². The quantitative estimate of drug-likeness (QED) is 0.729. The van der Waals surface area contributed by atoms with Crippen LogP contribution in [0.4, 0.5) is 5.82 Å². The molecule has 0 aliphatic rings. The van der Waals surface area contributed by atoms with Crippen molar-refractivity contribution in [3.8, 4) is 0 Å². The van der Waals surface area contributed by atoms with Crippen molar-refractivity contribution >= 4 is 5.82 Å². The molecule has 59 valence electrons. The minimum Gasteiger partial charge on any atom is -0.459 e. The molecule has 1 aromatic heterocycles. The summed E-state index contributed by atoms with van der Waals surface area (Å²) in [5.74, 6) is 0.486. The van der Waals surface area contributed by atoms with Gasteiger partial charge in [-0.1, -0.05) is 5.69 Å². The first-order chi connectivity index (χ1) is 4.34. The third kappa shape index (κ3) is 3.68. The molecule has 0 fully saturated rings. The summed E-state index contributed by atoms with van der Waals surface area (Å²) in [4.78, 5) is 7.79. The molecule has 1 aromatic rings. The van der Waals surface area contributed by atoms with Crippen LogP contribution in [0, 0.1) is 13.8 Å². The zero-order valence-corrected chi connectivity index (χ0v) is 9.62. The third-order valence-corrected chi connectivity index (χ3v) is 1.03. The van der Waals surface area contributed by atoms with E-state index in [0.29, 0.717) is 5.82 Å². The van der Waals surface area contributed by atoms with Crippen molar-refractivity contribution in [2.24, 2.45) is 0 Å². The van der Waals surface area contributed by atoms with Crippen LogP contribution in [0.1, 0.15) is 12.6 Å². The van der Waals surface area contributed by atoms with Crippen LogP contribution in [-0.2, 0) is 32.7 Å². The number of hydrogen-bond acceptors (Lipinski definition) is 3. The Morgan fingerprint density at radius 2 is 1.91 bits per heavy atom. The average Bonchev–Trinajstić information content (AvgIpc) is 1.89. The monoisotopic (exact) mass is 226 g/mol. The van der Waals surface area contributed by atoms with E-state index >= 15 is 0 Å². The van der Waals surface area contributed by atoms with Crippen LogP contribution in [-0.4, -0.2) is 9.97 Å². The first-order valence-corrected chi connectivity index (χ1v) is 2.70. The van der Waals surface area contributed by atoms with Crippen molar-refractivity contribution in [1.82, 2.24) is 9.97 Å². The Labute approximate surface area is 92.7 Å². The fourth-order valence-corrected chi connectivity index (χ4v) is 0.582. The molecular formula is C7H11N3Y-2. The summed E-state index contributed by atoms with van der Waals surface area (Å²) in [5.41, 5.74) is 6.17. The number of hydrogen-bond donors (Lipinski definition) is 1. The molecule has 0 aliphatic heterocycles. The number of nitrogens with two attached hydrogens (primary N) is 1. The first-order valence-electron chi connectivity index (χ1n) is 2.70. The molecule has 4 heteroatoms. The van der Waals surface area contributed by atoms with Gasteiger partial charge in [-0.15, -0.1) is 6.92 Å². The first kappa shape index (κ1) is 13.4. The van der Waals surface area contributed by atoms with Crippen molar-refractivity contribution < 1.29 is 32.7 Å². The Hall–Kier alpha value is -0.146. The molecular weight excluding hydrogens is 215 g/mol. The van der Waals surface area contributed by atoms with Crippen molar-refractivity contribution in [2.45, 2.75) is 6.92 Å². The number of nitrogens with zero attached hydrogens (tertiary/aromatic N) is 2. The van der Waals surface area contributed by atoms with Crippen LogP contribution in [0.5, 0.6) is 0 Å². The van der Waals surface area contributed by atoms with E-state index in [4.69, 9.17) is 5.73 Å².